The first kappa shape index (κ1) is 26.9. The maximum atomic E-state index is 12.6. The van der Waals surface area contributed by atoms with Crippen molar-refractivity contribution in [2.24, 2.45) is 0 Å². The molecule has 3 aromatic rings. The van der Waals surface area contributed by atoms with Crippen molar-refractivity contribution in [1.29, 1.82) is 5.26 Å². The van der Waals surface area contributed by atoms with E-state index in [1.54, 1.807) is 30.3 Å². The van der Waals surface area contributed by atoms with Gasteiger partial charge in [-0.05, 0) is 65.7 Å². The van der Waals surface area contributed by atoms with Crippen molar-refractivity contribution in [3.8, 4) is 17.6 Å². The molecule has 3 aromatic carbocycles. The van der Waals surface area contributed by atoms with E-state index in [1.807, 2.05) is 6.07 Å². The van der Waals surface area contributed by atoms with Crippen LogP contribution in [0.3, 0.4) is 0 Å². The summed E-state index contributed by atoms with van der Waals surface area (Å²) in [6.07, 6.45) is 1.37. The van der Waals surface area contributed by atoms with Crippen LogP contribution in [-0.4, -0.2) is 26.1 Å². The third-order valence-electron chi connectivity index (χ3n) is 4.86. The van der Waals surface area contributed by atoms with Gasteiger partial charge in [-0.1, -0.05) is 40.9 Å². The second kappa shape index (κ2) is 12.3. The topological polar surface area (TPSA) is 97.7 Å². The predicted molar refractivity (Wildman–Crippen MR) is 139 cm³/mol. The lowest BCUT2D eigenvalue weighted by Crippen LogP contribution is -2.13. The summed E-state index contributed by atoms with van der Waals surface area (Å²) < 4.78 is 15.9. The Kier molecular flexibility index (Phi) is 9.20. The van der Waals surface area contributed by atoms with Crippen molar-refractivity contribution in [3.05, 3.63) is 91.9 Å². The molecule has 3 rings (SSSR count). The standard InChI is InChI=1S/C26H19Cl3N2O5/c1-34-23-12-16(11-22(29)24(23)36-14-15-3-8-20(27)21(28)10-15)9-18(13-30)25(32)31-19-6-4-17(5-7-19)26(33)35-2/h3-12H,14H2,1-2H3,(H,31,32)/b18-9+. The summed E-state index contributed by atoms with van der Waals surface area (Å²) in [4.78, 5) is 24.2. The van der Waals surface area contributed by atoms with Gasteiger partial charge in [0, 0.05) is 5.69 Å². The van der Waals surface area contributed by atoms with Crippen LogP contribution in [0.2, 0.25) is 15.1 Å². The van der Waals surface area contributed by atoms with Gasteiger partial charge in [-0.2, -0.15) is 5.26 Å². The van der Waals surface area contributed by atoms with E-state index in [4.69, 9.17) is 44.3 Å². The Morgan fingerprint density at radius 3 is 2.31 bits per heavy atom. The number of amides is 1. The Labute approximate surface area is 222 Å². The van der Waals surface area contributed by atoms with E-state index < -0.39 is 11.9 Å². The number of hydrogen-bond donors (Lipinski definition) is 1. The molecule has 0 aromatic heterocycles. The first-order valence-electron chi connectivity index (χ1n) is 10.3. The molecule has 184 valence electrons. The lowest BCUT2D eigenvalue weighted by atomic mass is 10.1. The van der Waals surface area contributed by atoms with Crippen LogP contribution in [0.5, 0.6) is 11.5 Å². The number of rotatable bonds is 8. The molecule has 36 heavy (non-hydrogen) atoms. The van der Waals surface area contributed by atoms with Crippen molar-refractivity contribution in [2.45, 2.75) is 6.61 Å². The zero-order valence-corrected chi connectivity index (χ0v) is 21.4. The van der Waals surface area contributed by atoms with Crippen LogP contribution >= 0.6 is 34.8 Å². The van der Waals surface area contributed by atoms with Crippen molar-refractivity contribution in [1.82, 2.24) is 0 Å². The molecule has 7 nitrogen and oxygen atoms in total. The molecule has 0 spiro atoms. The molecule has 1 amide bonds. The molecule has 0 saturated heterocycles. The first-order chi connectivity index (χ1) is 17.2. The van der Waals surface area contributed by atoms with Gasteiger partial charge in [0.05, 0.1) is 34.9 Å². The van der Waals surface area contributed by atoms with Crippen LogP contribution in [-0.2, 0) is 16.1 Å². The maximum absolute atomic E-state index is 12.6. The number of esters is 1. The largest absolute Gasteiger partial charge is 0.493 e. The van der Waals surface area contributed by atoms with Gasteiger partial charge in [0.2, 0.25) is 0 Å². The van der Waals surface area contributed by atoms with Crippen LogP contribution in [0.4, 0.5) is 5.69 Å². The highest BCUT2D eigenvalue weighted by Crippen LogP contribution is 2.38. The summed E-state index contributed by atoms with van der Waals surface area (Å²) in [5.41, 5.74) is 1.78. The molecule has 0 aliphatic carbocycles. The average Bonchev–Trinajstić information content (AvgIpc) is 2.88. The summed E-state index contributed by atoms with van der Waals surface area (Å²) in [6, 6.07) is 16.2. The molecule has 0 saturated carbocycles. The molecular formula is C26H19Cl3N2O5. The van der Waals surface area contributed by atoms with Crippen molar-refractivity contribution in [2.75, 3.05) is 19.5 Å². The number of carbonyl (C=O) groups is 2. The highest BCUT2D eigenvalue weighted by molar-refractivity contribution is 6.42. The van der Waals surface area contributed by atoms with Gasteiger partial charge in [0.15, 0.2) is 11.5 Å². The first-order valence-corrected chi connectivity index (χ1v) is 11.4. The van der Waals surface area contributed by atoms with Gasteiger partial charge in [0.25, 0.3) is 5.91 Å². The van der Waals surface area contributed by atoms with Crippen LogP contribution in [0.25, 0.3) is 6.08 Å². The number of nitrogens with zero attached hydrogens (tertiary/aromatic N) is 1. The third-order valence-corrected chi connectivity index (χ3v) is 5.88. The molecule has 0 bridgehead atoms. The number of benzene rings is 3. The molecule has 0 heterocycles. The second-order valence-electron chi connectivity index (χ2n) is 7.26. The van der Waals surface area contributed by atoms with Gasteiger partial charge < -0.3 is 19.5 Å². The minimum atomic E-state index is -0.640. The van der Waals surface area contributed by atoms with Gasteiger partial charge in [-0.3, -0.25) is 4.79 Å². The quantitative estimate of drug-likeness (QED) is 0.195. The average molecular weight is 546 g/mol. The Hall–Kier alpha value is -3.70. The molecule has 0 aliphatic heterocycles. The Morgan fingerprint density at radius 2 is 1.69 bits per heavy atom. The van der Waals surface area contributed by atoms with E-state index in [2.05, 4.69) is 10.1 Å². The minimum Gasteiger partial charge on any atom is -0.493 e. The van der Waals surface area contributed by atoms with E-state index in [9.17, 15) is 14.9 Å². The monoisotopic (exact) mass is 544 g/mol. The van der Waals surface area contributed by atoms with E-state index in [1.165, 1.54) is 44.6 Å². The van der Waals surface area contributed by atoms with Crippen molar-refractivity contribution >= 4 is 58.4 Å². The molecule has 0 fully saturated rings. The molecular weight excluding hydrogens is 527 g/mol. The lowest BCUT2D eigenvalue weighted by Gasteiger charge is -2.14. The fraction of sp³-hybridized carbons (Fsp3) is 0.115. The summed E-state index contributed by atoms with van der Waals surface area (Å²) in [7, 11) is 2.72. The van der Waals surface area contributed by atoms with Crippen molar-refractivity contribution in [3.63, 3.8) is 0 Å². The van der Waals surface area contributed by atoms with Crippen molar-refractivity contribution < 1.29 is 23.8 Å². The van der Waals surface area contributed by atoms with E-state index in [0.29, 0.717) is 32.6 Å². The van der Waals surface area contributed by atoms with Gasteiger partial charge in [0.1, 0.15) is 18.2 Å². The maximum Gasteiger partial charge on any atom is 0.337 e. The number of nitrogens with one attached hydrogen (secondary N) is 1. The summed E-state index contributed by atoms with van der Waals surface area (Å²) in [5, 5.41) is 13.2. The van der Waals surface area contributed by atoms with Crippen LogP contribution < -0.4 is 14.8 Å². The highest BCUT2D eigenvalue weighted by Gasteiger charge is 2.15. The van der Waals surface area contributed by atoms with Crippen LogP contribution in [0, 0.1) is 11.3 Å². The van der Waals surface area contributed by atoms with Crippen LogP contribution in [0.15, 0.2) is 60.2 Å². The summed E-state index contributed by atoms with van der Waals surface area (Å²) in [5.74, 6) is -0.542. The Morgan fingerprint density at radius 1 is 0.972 bits per heavy atom. The zero-order chi connectivity index (χ0) is 26.2. The number of methoxy groups -OCH3 is 2. The second-order valence-corrected chi connectivity index (χ2v) is 8.49. The molecule has 10 heteroatoms. The van der Waals surface area contributed by atoms with E-state index in [0.717, 1.165) is 5.56 Å². The molecule has 0 radical (unpaired) electrons. The number of hydrogen-bond acceptors (Lipinski definition) is 6. The van der Waals surface area contributed by atoms with Gasteiger partial charge >= 0.3 is 5.97 Å². The Bertz CT molecular complexity index is 1370. The molecule has 0 unspecified atom stereocenters. The fourth-order valence-corrected chi connectivity index (χ4v) is 3.66. The van der Waals surface area contributed by atoms with Gasteiger partial charge in [-0.25, -0.2) is 4.79 Å². The van der Waals surface area contributed by atoms with Gasteiger partial charge in [-0.15, -0.1) is 0 Å². The number of nitriles is 1. The summed E-state index contributed by atoms with van der Waals surface area (Å²) in [6.45, 7) is 0.156. The Balaban J connectivity index is 1.78. The van der Waals surface area contributed by atoms with Crippen LogP contribution in [0.1, 0.15) is 21.5 Å². The smallest absolute Gasteiger partial charge is 0.337 e. The number of carbonyl (C=O) groups excluding carboxylic acids is 2. The number of ether oxygens (including phenoxy) is 3. The molecule has 1 N–H and O–H groups in total. The lowest BCUT2D eigenvalue weighted by molar-refractivity contribution is -0.112. The highest BCUT2D eigenvalue weighted by atomic mass is 35.5. The minimum absolute atomic E-state index is 0.156. The van der Waals surface area contributed by atoms with E-state index >= 15 is 0 Å². The normalized spacial score (nSPS) is 10.8. The zero-order valence-electron chi connectivity index (χ0n) is 19.1. The predicted octanol–water partition coefficient (Wildman–Crippen LogP) is 6.57. The fourth-order valence-electron chi connectivity index (χ4n) is 3.07. The molecule has 0 aliphatic rings. The SMILES string of the molecule is COC(=O)c1ccc(NC(=O)/C(C#N)=C/c2cc(Cl)c(OCc3ccc(Cl)c(Cl)c3)c(OC)c2)cc1. The summed E-state index contributed by atoms with van der Waals surface area (Å²) >= 11 is 18.4. The van der Waals surface area contributed by atoms with E-state index in [-0.39, 0.29) is 23.0 Å². The third kappa shape index (κ3) is 6.70. The number of halogens is 3. The molecule has 0 atom stereocenters. The number of anilines is 1.